The summed E-state index contributed by atoms with van der Waals surface area (Å²) in [6, 6.07) is 0. The smallest absolute Gasteiger partial charge is 0.0351 e. The Labute approximate surface area is 49.7 Å². The van der Waals surface area contributed by atoms with E-state index in [1.54, 1.807) is 14.2 Å². The Morgan fingerprint density at radius 3 is 0.714 bits per heavy atom. The van der Waals surface area contributed by atoms with E-state index in [0.717, 1.165) is 0 Å². The Bertz CT molecular complexity index is 4.14. The summed E-state index contributed by atoms with van der Waals surface area (Å²) in [5, 5.41) is 0. The second kappa shape index (κ2) is 159. The molecule has 52 valence electrons. The average Bonchev–Trinajstić information content (AvgIpc) is 0.918. The zero-order valence-corrected chi connectivity index (χ0v) is 2.41. The molecule has 0 amide bonds. The summed E-state index contributed by atoms with van der Waals surface area (Å²) in [4.78, 5) is 0. The molecule has 0 aromatic rings. The molecule has 0 radical (unpaired) electrons. The molecule has 0 spiro atoms. The van der Waals surface area contributed by atoms with Crippen LogP contribution < -0.4 is 0 Å². The first-order valence-electron chi connectivity index (χ1n) is 0.816. The highest BCUT2D eigenvalue weighted by atomic mass is 16.4. The second-order valence-corrected chi connectivity index (χ2v) is 0.408. The van der Waals surface area contributed by atoms with Crippen molar-refractivity contribution in [1.29, 1.82) is 0 Å². The highest BCUT2D eigenvalue weighted by Gasteiger charge is 1.25. The van der Waals surface area contributed by atoms with Gasteiger partial charge in [0.1, 0.15) is 0 Å². The SMILES string of the molecule is C.C.C.C.COC. The van der Waals surface area contributed by atoms with Crippen LogP contribution in [-0.2, 0) is 4.74 Å². The molecule has 0 aromatic heterocycles. The maximum atomic E-state index is 4.25. The molecule has 1 nitrogen and oxygen atoms in total. The predicted molar refractivity (Wildman–Crippen MR) is 39.9 cm³/mol. The van der Waals surface area contributed by atoms with Crippen molar-refractivity contribution in [3.8, 4) is 0 Å². The standard InChI is InChI=1S/C2H6O.4CH4/c1-3-2;;;;/h1-2H3;4*1H4. The van der Waals surface area contributed by atoms with Crippen molar-refractivity contribution in [2.24, 2.45) is 0 Å². The van der Waals surface area contributed by atoms with Gasteiger partial charge in [0, 0.05) is 14.2 Å². The van der Waals surface area contributed by atoms with Gasteiger partial charge >= 0.3 is 0 Å². The van der Waals surface area contributed by atoms with Gasteiger partial charge in [0.05, 0.1) is 0 Å². The van der Waals surface area contributed by atoms with Crippen LogP contribution in [-0.4, -0.2) is 14.2 Å². The Morgan fingerprint density at radius 2 is 0.714 bits per heavy atom. The average molecular weight is 110 g/mol. The van der Waals surface area contributed by atoms with Crippen LogP contribution in [0.1, 0.15) is 29.7 Å². The van der Waals surface area contributed by atoms with Crippen molar-refractivity contribution in [3.05, 3.63) is 0 Å². The molecule has 0 aliphatic rings. The van der Waals surface area contributed by atoms with Crippen LogP contribution in [0, 0.1) is 0 Å². The Balaban J connectivity index is -0.00000000333. The van der Waals surface area contributed by atoms with E-state index in [1.165, 1.54) is 0 Å². The maximum absolute atomic E-state index is 4.25. The second-order valence-electron chi connectivity index (χ2n) is 0.408. The lowest BCUT2D eigenvalue weighted by Crippen LogP contribution is -1.55. The quantitative estimate of drug-likeness (QED) is 0.466. The minimum atomic E-state index is 0. The molecule has 0 rings (SSSR count). The summed E-state index contributed by atoms with van der Waals surface area (Å²) in [5.41, 5.74) is 0. The third kappa shape index (κ3) is 58400. The molecule has 0 saturated heterocycles. The van der Waals surface area contributed by atoms with E-state index in [1.807, 2.05) is 0 Å². The highest BCUT2D eigenvalue weighted by molar-refractivity contribution is 3.56. The van der Waals surface area contributed by atoms with Gasteiger partial charge in [-0.15, -0.1) is 0 Å². The zero-order valence-electron chi connectivity index (χ0n) is 2.41. The first-order valence-corrected chi connectivity index (χ1v) is 0.816. The summed E-state index contributed by atoms with van der Waals surface area (Å²) >= 11 is 0. The Morgan fingerprint density at radius 1 is 0.714 bits per heavy atom. The fourth-order valence-electron chi connectivity index (χ4n) is 0. The van der Waals surface area contributed by atoms with Crippen LogP contribution in [0.2, 0.25) is 0 Å². The normalized spacial score (nSPS) is 2.57. The number of ether oxygens (including phenoxy) is 1. The molecule has 0 aliphatic heterocycles. The van der Waals surface area contributed by atoms with E-state index in [-0.39, 0.29) is 29.7 Å². The summed E-state index contributed by atoms with van der Waals surface area (Å²) < 4.78 is 4.25. The van der Waals surface area contributed by atoms with Gasteiger partial charge in [0.2, 0.25) is 0 Å². The Kier molecular flexibility index (Phi) is 1460. The van der Waals surface area contributed by atoms with Gasteiger partial charge in [-0.05, 0) is 0 Å². The van der Waals surface area contributed by atoms with E-state index in [0.29, 0.717) is 0 Å². The van der Waals surface area contributed by atoms with Crippen LogP contribution in [0.15, 0.2) is 0 Å². The van der Waals surface area contributed by atoms with Crippen molar-refractivity contribution < 1.29 is 4.74 Å². The number of methoxy groups -OCH3 is 1. The monoisotopic (exact) mass is 110 g/mol. The van der Waals surface area contributed by atoms with Crippen molar-refractivity contribution in [2.75, 3.05) is 14.2 Å². The fourth-order valence-corrected chi connectivity index (χ4v) is 0. The van der Waals surface area contributed by atoms with E-state index in [2.05, 4.69) is 4.74 Å². The van der Waals surface area contributed by atoms with E-state index >= 15 is 0 Å². The number of hydrogen-bond donors (Lipinski definition) is 0. The molecule has 0 aromatic carbocycles. The third-order valence-electron chi connectivity index (χ3n) is 0. The first-order chi connectivity index (χ1) is 1.41. The lowest BCUT2D eigenvalue weighted by atomic mass is 11.6. The van der Waals surface area contributed by atoms with E-state index < -0.39 is 0 Å². The molecule has 0 heterocycles. The van der Waals surface area contributed by atoms with Gasteiger partial charge in [0.25, 0.3) is 0 Å². The van der Waals surface area contributed by atoms with E-state index in [4.69, 9.17) is 0 Å². The van der Waals surface area contributed by atoms with Crippen LogP contribution >= 0.6 is 0 Å². The van der Waals surface area contributed by atoms with E-state index in [9.17, 15) is 0 Å². The minimum Gasteiger partial charge on any atom is -0.388 e. The van der Waals surface area contributed by atoms with Gasteiger partial charge in [-0.3, -0.25) is 0 Å². The van der Waals surface area contributed by atoms with Crippen LogP contribution in [0.3, 0.4) is 0 Å². The van der Waals surface area contributed by atoms with Crippen molar-refractivity contribution in [1.82, 2.24) is 0 Å². The molecule has 0 unspecified atom stereocenters. The lowest BCUT2D eigenvalue weighted by molar-refractivity contribution is 0.277. The summed E-state index contributed by atoms with van der Waals surface area (Å²) in [7, 11) is 3.25. The van der Waals surface area contributed by atoms with Gasteiger partial charge in [-0.1, -0.05) is 29.7 Å². The topological polar surface area (TPSA) is 9.23 Å². The fraction of sp³-hybridized carbons (Fsp3) is 1.00. The van der Waals surface area contributed by atoms with Crippen LogP contribution in [0.5, 0.6) is 0 Å². The first kappa shape index (κ1) is 64.4. The van der Waals surface area contributed by atoms with Crippen LogP contribution in [0.4, 0.5) is 0 Å². The molecular weight excluding hydrogens is 88.1 g/mol. The van der Waals surface area contributed by atoms with Crippen molar-refractivity contribution >= 4 is 0 Å². The van der Waals surface area contributed by atoms with Crippen LogP contribution in [0.25, 0.3) is 0 Å². The molecular formula is C6H22O. The molecule has 0 saturated carbocycles. The molecule has 0 fully saturated rings. The molecule has 0 N–H and O–H groups in total. The zero-order chi connectivity index (χ0) is 2.71. The lowest BCUT2D eigenvalue weighted by Gasteiger charge is -1.61. The van der Waals surface area contributed by atoms with Crippen molar-refractivity contribution in [3.63, 3.8) is 0 Å². The largest absolute Gasteiger partial charge is 0.388 e. The predicted octanol–water partition coefficient (Wildman–Crippen LogP) is 2.81. The minimum absolute atomic E-state index is 0. The number of hydrogen-bond acceptors (Lipinski definition) is 1. The van der Waals surface area contributed by atoms with Crippen molar-refractivity contribution in [2.45, 2.75) is 29.7 Å². The number of rotatable bonds is 0. The van der Waals surface area contributed by atoms with Gasteiger partial charge in [-0.2, -0.15) is 0 Å². The molecule has 0 atom stereocenters. The highest BCUT2D eigenvalue weighted by Crippen LogP contribution is 1.28. The Hall–Kier alpha value is -0.0400. The molecule has 0 bridgehead atoms. The summed E-state index contributed by atoms with van der Waals surface area (Å²) in [6.45, 7) is 0. The van der Waals surface area contributed by atoms with Gasteiger partial charge in [0.15, 0.2) is 0 Å². The molecule has 1 heteroatoms. The summed E-state index contributed by atoms with van der Waals surface area (Å²) in [6.07, 6.45) is 0. The van der Waals surface area contributed by atoms with Gasteiger partial charge < -0.3 is 4.74 Å². The molecule has 0 aliphatic carbocycles. The third-order valence-corrected chi connectivity index (χ3v) is 0. The molecule has 7 heavy (non-hydrogen) atoms. The van der Waals surface area contributed by atoms with Gasteiger partial charge in [-0.25, -0.2) is 0 Å². The summed E-state index contributed by atoms with van der Waals surface area (Å²) in [5.74, 6) is 0. The maximum Gasteiger partial charge on any atom is 0.0351 e.